The molecule has 1 atom stereocenters. The predicted octanol–water partition coefficient (Wildman–Crippen LogP) is 2.94. The molecule has 7 heteroatoms. The third kappa shape index (κ3) is 6.13. The summed E-state index contributed by atoms with van der Waals surface area (Å²) in [7, 11) is 6.58. The van der Waals surface area contributed by atoms with Crippen LogP contribution in [0.3, 0.4) is 0 Å². The van der Waals surface area contributed by atoms with Gasteiger partial charge in [0.2, 0.25) is 0 Å². The quantitative estimate of drug-likeness (QED) is 0.510. The van der Waals surface area contributed by atoms with Crippen LogP contribution in [0.25, 0.3) is 0 Å². The van der Waals surface area contributed by atoms with Crippen molar-refractivity contribution in [2.75, 3.05) is 41.5 Å². The number of benzene rings is 2. The van der Waals surface area contributed by atoms with Crippen LogP contribution in [0.5, 0.6) is 11.5 Å². The van der Waals surface area contributed by atoms with Crippen molar-refractivity contribution >= 4 is 5.96 Å². The van der Waals surface area contributed by atoms with Crippen molar-refractivity contribution in [3.8, 4) is 11.5 Å². The Morgan fingerprint density at radius 2 is 1.71 bits per heavy atom. The maximum absolute atomic E-state index is 13.1. The zero-order valence-electron chi connectivity index (χ0n) is 16.8. The molecule has 2 rings (SSSR count). The van der Waals surface area contributed by atoms with Gasteiger partial charge in [0, 0.05) is 27.2 Å². The molecular formula is C21H28FN3O3. The second kappa shape index (κ2) is 11.1. The minimum Gasteiger partial charge on any atom is -0.493 e. The first-order valence-corrected chi connectivity index (χ1v) is 9.05. The van der Waals surface area contributed by atoms with Gasteiger partial charge >= 0.3 is 0 Å². The molecule has 0 bridgehead atoms. The molecule has 0 spiro atoms. The van der Waals surface area contributed by atoms with E-state index < -0.39 is 0 Å². The van der Waals surface area contributed by atoms with Gasteiger partial charge in [-0.05, 0) is 41.8 Å². The van der Waals surface area contributed by atoms with Crippen LogP contribution in [0.4, 0.5) is 4.39 Å². The van der Waals surface area contributed by atoms with Crippen LogP contribution in [0.15, 0.2) is 47.5 Å². The second-order valence-corrected chi connectivity index (χ2v) is 6.10. The van der Waals surface area contributed by atoms with E-state index >= 15 is 0 Å². The first-order valence-electron chi connectivity index (χ1n) is 9.05. The van der Waals surface area contributed by atoms with Gasteiger partial charge in [0.15, 0.2) is 17.5 Å². The molecule has 0 saturated heterocycles. The average molecular weight is 389 g/mol. The van der Waals surface area contributed by atoms with Crippen molar-refractivity contribution in [1.82, 2.24) is 10.6 Å². The zero-order chi connectivity index (χ0) is 20.4. The summed E-state index contributed by atoms with van der Waals surface area (Å²) in [6.07, 6.45) is 0.595. The van der Waals surface area contributed by atoms with E-state index in [9.17, 15) is 4.39 Å². The largest absolute Gasteiger partial charge is 0.493 e. The normalized spacial score (nSPS) is 12.4. The number of nitrogens with zero attached hydrogens (tertiary/aromatic N) is 1. The summed E-state index contributed by atoms with van der Waals surface area (Å²) in [4.78, 5) is 4.23. The molecule has 0 heterocycles. The number of halogens is 1. The summed E-state index contributed by atoms with van der Waals surface area (Å²) in [6.45, 7) is 1.21. The minimum atomic E-state index is -0.265. The zero-order valence-corrected chi connectivity index (χ0v) is 16.8. The lowest BCUT2D eigenvalue weighted by Gasteiger charge is -2.19. The molecule has 28 heavy (non-hydrogen) atoms. The summed E-state index contributed by atoms with van der Waals surface area (Å²) in [5.41, 5.74) is 2.03. The highest BCUT2D eigenvalue weighted by molar-refractivity contribution is 5.79. The highest BCUT2D eigenvalue weighted by atomic mass is 19.1. The summed E-state index contributed by atoms with van der Waals surface area (Å²) in [6, 6.07) is 12.2. The molecule has 0 aromatic heterocycles. The molecule has 0 fully saturated rings. The number of nitrogens with one attached hydrogen (secondary N) is 2. The molecule has 152 valence electrons. The fraction of sp³-hybridized carbons (Fsp3) is 0.381. The molecule has 0 saturated carbocycles. The lowest BCUT2D eigenvalue weighted by molar-refractivity contribution is 0.106. The molecule has 2 N–H and O–H groups in total. The fourth-order valence-electron chi connectivity index (χ4n) is 2.79. The van der Waals surface area contributed by atoms with Crippen LogP contribution in [0.1, 0.15) is 17.2 Å². The van der Waals surface area contributed by atoms with Crippen LogP contribution < -0.4 is 20.1 Å². The van der Waals surface area contributed by atoms with Gasteiger partial charge in [-0.1, -0.05) is 18.2 Å². The van der Waals surface area contributed by atoms with Crippen molar-refractivity contribution in [2.24, 2.45) is 4.99 Å². The van der Waals surface area contributed by atoms with Crippen LogP contribution in [-0.2, 0) is 11.2 Å². The van der Waals surface area contributed by atoms with E-state index in [1.165, 1.54) is 12.1 Å². The SMILES string of the molecule is CN=C(NCCc1ccc(OC)c(OC)c1)NCC(OC)c1ccc(F)cc1. The molecule has 2 aromatic rings. The third-order valence-electron chi connectivity index (χ3n) is 4.36. The van der Waals surface area contributed by atoms with Gasteiger partial charge in [0.1, 0.15) is 5.82 Å². The van der Waals surface area contributed by atoms with Gasteiger partial charge in [0.25, 0.3) is 0 Å². The van der Waals surface area contributed by atoms with E-state index in [1.54, 1.807) is 40.5 Å². The van der Waals surface area contributed by atoms with Gasteiger partial charge in [-0.3, -0.25) is 4.99 Å². The number of guanidine groups is 1. The van der Waals surface area contributed by atoms with Gasteiger partial charge in [-0.15, -0.1) is 0 Å². The fourth-order valence-corrected chi connectivity index (χ4v) is 2.79. The molecule has 0 radical (unpaired) electrons. The molecule has 1 unspecified atom stereocenters. The van der Waals surface area contributed by atoms with Gasteiger partial charge in [-0.2, -0.15) is 0 Å². The van der Waals surface area contributed by atoms with Crippen molar-refractivity contribution in [1.29, 1.82) is 0 Å². The van der Waals surface area contributed by atoms with Crippen LogP contribution in [-0.4, -0.2) is 47.4 Å². The third-order valence-corrected chi connectivity index (χ3v) is 4.36. The molecule has 0 aliphatic rings. The lowest BCUT2D eigenvalue weighted by Crippen LogP contribution is -2.40. The number of rotatable bonds is 9. The predicted molar refractivity (Wildman–Crippen MR) is 109 cm³/mol. The van der Waals surface area contributed by atoms with Crippen molar-refractivity contribution in [3.05, 3.63) is 59.4 Å². The topological polar surface area (TPSA) is 64.1 Å². The molecular weight excluding hydrogens is 361 g/mol. The lowest BCUT2D eigenvalue weighted by atomic mass is 10.1. The number of methoxy groups -OCH3 is 3. The molecule has 0 amide bonds. The van der Waals surface area contributed by atoms with E-state index in [0.717, 1.165) is 17.5 Å². The van der Waals surface area contributed by atoms with E-state index in [0.29, 0.717) is 30.5 Å². The number of hydrogen-bond donors (Lipinski definition) is 2. The smallest absolute Gasteiger partial charge is 0.191 e. The average Bonchev–Trinajstić information content (AvgIpc) is 2.73. The van der Waals surface area contributed by atoms with E-state index in [-0.39, 0.29) is 11.9 Å². The van der Waals surface area contributed by atoms with Crippen molar-refractivity contribution < 1.29 is 18.6 Å². The van der Waals surface area contributed by atoms with Crippen molar-refractivity contribution in [3.63, 3.8) is 0 Å². The molecule has 0 aliphatic carbocycles. The summed E-state index contributed by atoms with van der Waals surface area (Å²) in [5.74, 6) is 1.83. The summed E-state index contributed by atoms with van der Waals surface area (Å²) in [5, 5.41) is 6.51. The van der Waals surface area contributed by atoms with Crippen LogP contribution in [0, 0.1) is 5.82 Å². The van der Waals surface area contributed by atoms with Crippen LogP contribution >= 0.6 is 0 Å². The van der Waals surface area contributed by atoms with Crippen LogP contribution in [0.2, 0.25) is 0 Å². The van der Waals surface area contributed by atoms with Gasteiger partial charge < -0.3 is 24.8 Å². The maximum atomic E-state index is 13.1. The Bertz CT molecular complexity index is 766. The Hall–Kier alpha value is -2.80. The first-order chi connectivity index (χ1) is 13.6. The molecule has 2 aromatic carbocycles. The Morgan fingerprint density at radius 3 is 2.32 bits per heavy atom. The highest BCUT2D eigenvalue weighted by Gasteiger charge is 2.11. The van der Waals surface area contributed by atoms with Crippen molar-refractivity contribution in [2.45, 2.75) is 12.5 Å². The highest BCUT2D eigenvalue weighted by Crippen LogP contribution is 2.27. The van der Waals surface area contributed by atoms with E-state index in [4.69, 9.17) is 14.2 Å². The molecule has 0 aliphatic heterocycles. The Labute approximate surface area is 165 Å². The summed E-state index contributed by atoms with van der Waals surface area (Å²) < 4.78 is 29.2. The number of hydrogen-bond acceptors (Lipinski definition) is 4. The maximum Gasteiger partial charge on any atom is 0.191 e. The Morgan fingerprint density at radius 1 is 1.00 bits per heavy atom. The second-order valence-electron chi connectivity index (χ2n) is 6.10. The Kier molecular flexibility index (Phi) is 8.55. The summed E-state index contributed by atoms with van der Waals surface area (Å²) >= 11 is 0. The number of aliphatic imine (C=N–C) groups is 1. The van der Waals surface area contributed by atoms with Gasteiger partial charge in [0.05, 0.1) is 20.3 Å². The van der Waals surface area contributed by atoms with E-state index in [1.807, 2.05) is 18.2 Å². The van der Waals surface area contributed by atoms with E-state index in [2.05, 4.69) is 15.6 Å². The van der Waals surface area contributed by atoms with Gasteiger partial charge in [-0.25, -0.2) is 4.39 Å². The first kappa shape index (κ1) is 21.5. The molecule has 6 nitrogen and oxygen atoms in total. The monoisotopic (exact) mass is 389 g/mol. The minimum absolute atomic E-state index is 0.204. The Balaban J connectivity index is 1.85. The standard InChI is InChI=1S/C21H28FN3O3/c1-23-21(25-14-20(28-4)16-6-8-17(22)9-7-16)24-12-11-15-5-10-18(26-2)19(13-15)27-3/h5-10,13,20H,11-12,14H2,1-4H3,(H2,23,24,25). The number of ether oxygens (including phenoxy) is 3.